The molecule has 1 aromatic carbocycles. The summed E-state index contributed by atoms with van der Waals surface area (Å²) in [7, 11) is 0. The maximum absolute atomic E-state index is 12.4. The van der Waals surface area contributed by atoms with Gasteiger partial charge >= 0.3 is 5.97 Å². The van der Waals surface area contributed by atoms with Crippen molar-refractivity contribution in [1.29, 1.82) is 0 Å². The van der Waals surface area contributed by atoms with Crippen LogP contribution in [0.1, 0.15) is 81.5 Å². The highest BCUT2D eigenvalue weighted by molar-refractivity contribution is 9.10. The summed E-state index contributed by atoms with van der Waals surface area (Å²) in [5.41, 5.74) is 0.632. The van der Waals surface area contributed by atoms with Gasteiger partial charge in [-0.1, -0.05) is 80.3 Å². The minimum absolute atomic E-state index is 0.123. The van der Waals surface area contributed by atoms with Gasteiger partial charge in [0.2, 0.25) is 5.78 Å². The van der Waals surface area contributed by atoms with E-state index in [1.807, 2.05) is 0 Å². The number of ether oxygens (including phenoxy) is 1. The maximum Gasteiger partial charge on any atom is 0.343 e. The minimum atomic E-state index is -0.637. The molecule has 0 N–H and O–H groups in total. The molecule has 156 valence electrons. The first-order valence-electron chi connectivity index (χ1n) is 10.5. The van der Waals surface area contributed by atoms with E-state index in [-0.39, 0.29) is 11.5 Å². The Bertz CT molecular complexity index is 792. The van der Waals surface area contributed by atoms with E-state index in [9.17, 15) is 14.4 Å². The van der Waals surface area contributed by atoms with Gasteiger partial charge in [-0.3, -0.25) is 9.59 Å². The molecule has 1 aromatic rings. The Labute approximate surface area is 181 Å². The second-order valence-electron chi connectivity index (χ2n) is 7.35. The molecule has 0 heterocycles. The number of halogens is 1. The first kappa shape index (κ1) is 23.3. The molecule has 29 heavy (non-hydrogen) atoms. The first-order valence-corrected chi connectivity index (χ1v) is 11.3. The molecule has 1 aliphatic carbocycles. The van der Waals surface area contributed by atoms with Crippen molar-refractivity contribution in [2.75, 3.05) is 0 Å². The lowest BCUT2D eigenvalue weighted by molar-refractivity contribution is -0.117. The Kier molecular flexibility index (Phi) is 10.1. The van der Waals surface area contributed by atoms with Crippen LogP contribution in [0.2, 0.25) is 0 Å². The lowest BCUT2D eigenvalue weighted by atomic mass is 9.95. The van der Waals surface area contributed by atoms with Crippen LogP contribution in [0.4, 0.5) is 0 Å². The quantitative estimate of drug-likeness (QED) is 0.203. The van der Waals surface area contributed by atoms with Crippen molar-refractivity contribution >= 4 is 33.5 Å². The summed E-state index contributed by atoms with van der Waals surface area (Å²) in [6.45, 7) is 2.21. The van der Waals surface area contributed by atoms with Crippen molar-refractivity contribution in [3.8, 4) is 0 Å². The van der Waals surface area contributed by atoms with Crippen molar-refractivity contribution in [3.05, 3.63) is 57.8 Å². The first-order chi connectivity index (χ1) is 14.0. The van der Waals surface area contributed by atoms with Gasteiger partial charge in [-0.15, -0.1) is 0 Å². The summed E-state index contributed by atoms with van der Waals surface area (Å²) >= 11 is 3.31. The lowest BCUT2D eigenvalue weighted by Gasteiger charge is -2.15. The van der Waals surface area contributed by atoms with Crippen LogP contribution in [0, 0.1) is 0 Å². The predicted molar refractivity (Wildman–Crippen MR) is 118 cm³/mol. The Morgan fingerprint density at radius 2 is 1.52 bits per heavy atom. The van der Waals surface area contributed by atoms with E-state index < -0.39 is 11.8 Å². The van der Waals surface area contributed by atoms with E-state index in [1.54, 1.807) is 24.3 Å². The Morgan fingerprint density at radius 1 is 0.897 bits per heavy atom. The van der Waals surface area contributed by atoms with Gasteiger partial charge in [0.25, 0.3) is 0 Å². The number of carbonyl (C=O) groups is 3. The average Bonchev–Trinajstić information content (AvgIpc) is 2.71. The summed E-state index contributed by atoms with van der Waals surface area (Å²) in [5.74, 6) is -1.44. The fraction of sp³-hybridized carbons (Fsp3) is 0.458. The number of unbranched alkanes of at least 4 members (excludes halogenated alkanes) is 8. The smallest absolute Gasteiger partial charge is 0.343 e. The molecule has 0 radical (unpaired) electrons. The van der Waals surface area contributed by atoms with E-state index in [4.69, 9.17) is 4.74 Å². The monoisotopic (exact) mass is 460 g/mol. The molecule has 0 aromatic heterocycles. The van der Waals surface area contributed by atoms with Crippen LogP contribution in [0.5, 0.6) is 0 Å². The van der Waals surface area contributed by atoms with Crippen LogP contribution in [0.3, 0.4) is 0 Å². The summed E-state index contributed by atoms with van der Waals surface area (Å²) in [5, 5.41) is 0. The highest BCUT2D eigenvalue weighted by Crippen LogP contribution is 2.23. The third-order valence-electron chi connectivity index (χ3n) is 4.97. The Hall–Kier alpha value is -2.01. The maximum atomic E-state index is 12.4. The Balaban J connectivity index is 1.90. The van der Waals surface area contributed by atoms with E-state index in [0.29, 0.717) is 17.6 Å². The number of esters is 1. The molecule has 0 spiro atoms. The number of allylic oxidation sites excluding steroid dienone is 3. The SMILES string of the molecule is CCCCCCCCCCCC1=C(OC(=O)c2cccc(Br)c2)C(=O)C=CC1=O. The Morgan fingerprint density at radius 3 is 2.17 bits per heavy atom. The molecular formula is C24H29BrO4. The molecule has 5 heteroatoms. The van der Waals surface area contributed by atoms with Crippen molar-refractivity contribution in [2.45, 2.75) is 71.1 Å². The number of ketones is 2. The molecule has 4 nitrogen and oxygen atoms in total. The van der Waals surface area contributed by atoms with E-state index in [0.717, 1.165) is 23.7 Å². The number of hydrogen-bond donors (Lipinski definition) is 0. The van der Waals surface area contributed by atoms with Gasteiger partial charge in [0, 0.05) is 10.0 Å². The van der Waals surface area contributed by atoms with Gasteiger partial charge in [0.05, 0.1) is 5.56 Å². The molecule has 0 bridgehead atoms. The zero-order chi connectivity index (χ0) is 21.1. The number of hydrogen-bond acceptors (Lipinski definition) is 4. The predicted octanol–water partition coefficient (Wildman–Crippen LogP) is 6.49. The number of rotatable bonds is 12. The van der Waals surface area contributed by atoms with Gasteiger partial charge in [-0.25, -0.2) is 4.79 Å². The third-order valence-corrected chi connectivity index (χ3v) is 5.46. The van der Waals surface area contributed by atoms with Crippen molar-refractivity contribution in [2.24, 2.45) is 0 Å². The fourth-order valence-electron chi connectivity index (χ4n) is 3.32. The average molecular weight is 461 g/mol. The number of carbonyl (C=O) groups excluding carboxylic acids is 3. The normalized spacial score (nSPS) is 13.9. The molecule has 0 amide bonds. The molecule has 0 fully saturated rings. The summed E-state index contributed by atoms with van der Waals surface area (Å²) in [6.07, 6.45) is 13.4. The second kappa shape index (κ2) is 12.5. The van der Waals surface area contributed by atoms with Crippen LogP contribution >= 0.6 is 15.9 Å². The van der Waals surface area contributed by atoms with Gasteiger partial charge < -0.3 is 4.74 Å². The zero-order valence-electron chi connectivity index (χ0n) is 17.0. The van der Waals surface area contributed by atoms with Crippen molar-refractivity contribution in [3.63, 3.8) is 0 Å². The van der Waals surface area contributed by atoms with Crippen LogP contribution in [-0.2, 0) is 14.3 Å². The van der Waals surface area contributed by atoms with Crippen LogP contribution in [-0.4, -0.2) is 17.5 Å². The summed E-state index contributed by atoms with van der Waals surface area (Å²) in [6, 6.07) is 6.74. The minimum Gasteiger partial charge on any atom is -0.418 e. The van der Waals surface area contributed by atoms with Crippen LogP contribution in [0.25, 0.3) is 0 Å². The van der Waals surface area contributed by atoms with Gasteiger partial charge in [0.15, 0.2) is 11.5 Å². The molecule has 1 aliphatic rings. The number of benzene rings is 1. The van der Waals surface area contributed by atoms with E-state index >= 15 is 0 Å². The largest absolute Gasteiger partial charge is 0.418 e. The summed E-state index contributed by atoms with van der Waals surface area (Å²) in [4.78, 5) is 37.0. The molecule has 0 aliphatic heterocycles. The van der Waals surface area contributed by atoms with Crippen molar-refractivity contribution < 1.29 is 19.1 Å². The van der Waals surface area contributed by atoms with E-state index in [1.165, 1.54) is 50.7 Å². The molecule has 0 unspecified atom stereocenters. The standard InChI is InChI=1S/C24H29BrO4/c1-2-3-4-5-6-7-8-9-10-14-20-21(26)15-16-22(27)23(20)29-24(28)18-12-11-13-19(25)17-18/h11-13,15-17H,2-10,14H2,1H3. The zero-order valence-corrected chi connectivity index (χ0v) is 18.6. The van der Waals surface area contributed by atoms with Gasteiger partial charge in [-0.05, 0) is 43.2 Å². The van der Waals surface area contributed by atoms with Crippen molar-refractivity contribution in [1.82, 2.24) is 0 Å². The van der Waals surface area contributed by atoms with Gasteiger partial charge in [-0.2, -0.15) is 0 Å². The van der Waals surface area contributed by atoms with Gasteiger partial charge in [0.1, 0.15) is 0 Å². The molecule has 0 atom stereocenters. The summed E-state index contributed by atoms with van der Waals surface area (Å²) < 4.78 is 6.10. The highest BCUT2D eigenvalue weighted by atomic mass is 79.9. The molecular weight excluding hydrogens is 432 g/mol. The molecule has 2 rings (SSSR count). The lowest BCUT2D eigenvalue weighted by Crippen LogP contribution is -2.19. The highest BCUT2D eigenvalue weighted by Gasteiger charge is 2.26. The topological polar surface area (TPSA) is 60.4 Å². The van der Waals surface area contributed by atoms with E-state index in [2.05, 4.69) is 22.9 Å². The third kappa shape index (κ3) is 7.73. The fourth-order valence-corrected chi connectivity index (χ4v) is 3.72. The van der Waals surface area contributed by atoms with Crippen LogP contribution < -0.4 is 0 Å². The second-order valence-corrected chi connectivity index (χ2v) is 8.26. The molecule has 0 saturated heterocycles. The molecule has 0 saturated carbocycles. The van der Waals surface area contributed by atoms with Crippen LogP contribution in [0.15, 0.2) is 52.2 Å².